The lowest BCUT2D eigenvalue weighted by atomic mass is 9.90. The van der Waals surface area contributed by atoms with E-state index in [0.717, 1.165) is 72.8 Å². The number of nitrogens with two attached hydrogens (primary N) is 1. The molecule has 0 amide bonds. The average molecular weight is 470 g/mol. The van der Waals surface area contributed by atoms with Gasteiger partial charge in [-0.1, -0.05) is 18.2 Å². The number of nitrogens with one attached hydrogen (secondary N) is 1. The fraction of sp³-hybridized carbons (Fsp3) is 0.370. The summed E-state index contributed by atoms with van der Waals surface area (Å²) in [4.78, 5) is 11.5. The number of piperazine rings is 1. The largest absolute Gasteiger partial charge is 0.457 e. The SMILES string of the molecule is Nc1ncnc2c1c(-c1ccc(Oc3ccccc3)cc1)nn2[C@H]1CC[C@@H](N2CCNCC2)CC1. The smallest absolute Gasteiger partial charge is 0.164 e. The molecule has 0 radical (unpaired) electrons. The number of nitrogens with zero attached hydrogens (tertiary/aromatic N) is 5. The Morgan fingerprint density at radius 1 is 0.829 bits per heavy atom. The third kappa shape index (κ3) is 4.47. The van der Waals surface area contributed by atoms with E-state index in [-0.39, 0.29) is 0 Å². The van der Waals surface area contributed by atoms with Gasteiger partial charge in [0.05, 0.1) is 11.4 Å². The van der Waals surface area contributed by atoms with E-state index in [1.54, 1.807) is 6.33 Å². The van der Waals surface area contributed by atoms with Crippen LogP contribution in [0, 0.1) is 0 Å². The molecule has 2 aromatic heterocycles. The number of hydrogen-bond acceptors (Lipinski definition) is 7. The van der Waals surface area contributed by atoms with Crippen molar-refractivity contribution in [2.24, 2.45) is 0 Å². The fourth-order valence-electron chi connectivity index (χ4n) is 5.47. The summed E-state index contributed by atoms with van der Waals surface area (Å²) in [5.74, 6) is 2.05. The van der Waals surface area contributed by atoms with Crippen LogP contribution in [-0.4, -0.2) is 56.9 Å². The van der Waals surface area contributed by atoms with Gasteiger partial charge in [0.1, 0.15) is 29.3 Å². The summed E-state index contributed by atoms with van der Waals surface area (Å²) >= 11 is 0. The molecule has 1 saturated carbocycles. The zero-order valence-corrected chi connectivity index (χ0v) is 19.8. The Labute approximate surface area is 205 Å². The van der Waals surface area contributed by atoms with E-state index in [2.05, 4.69) is 24.9 Å². The topological polar surface area (TPSA) is 94.1 Å². The van der Waals surface area contributed by atoms with Gasteiger partial charge >= 0.3 is 0 Å². The van der Waals surface area contributed by atoms with Crippen molar-refractivity contribution in [3.05, 3.63) is 60.9 Å². The zero-order valence-electron chi connectivity index (χ0n) is 19.8. The Bertz CT molecular complexity index is 1270. The molecular weight excluding hydrogens is 438 g/mol. The van der Waals surface area contributed by atoms with E-state index in [1.807, 2.05) is 54.6 Å². The highest BCUT2D eigenvalue weighted by Crippen LogP contribution is 2.37. The van der Waals surface area contributed by atoms with Crippen molar-refractivity contribution < 1.29 is 4.74 Å². The molecule has 2 fully saturated rings. The lowest BCUT2D eigenvalue weighted by Crippen LogP contribution is -2.49. The van der Waals surface area contributed by atoms with Crippen LogP contribution >= 0.6 is 0 Å². The Hall–Kier alpha value is -3.49. The molecule has 1 aliphatic carbocycles. The minimum atomic E-state index is 0.320. The molecule has 0 bridgehead atoms. The minimum absolute atomic E-state index is 0.320. The third-order valence-electron chi connectivity index (χ3n) is 7.30. The quantitative estimate of drug-likeness (QED) is 0.451. The second kappa shape index (κ2) is 9.64. The predicted octanol–water partition coefficient (Wildman–Crippen LogP) is 4.26. The maximum atomic E-state index is 6.35. The fourth-order valence-corrected chi connectivity index (χ4v) is 5.47. The maximum absolute atomic E-state index is 6.35. The lowest BCUT2D eigenvalue weighted by molar-refractivity contribution is 0.121. The van der Waals surface area contributed by atoms with Gasteiger partial charge in [0.15, 0.2) is 5.65 Å². The van der Waals surface area contributed by atoms with Crippen LogP contribution in [0.1, 0.15) is 31.7 Å². The van der Waals surface area contributed by atoms with Gasteiger partial charge in [-0.15, -0.1) is 0 Å². The van der Waals surface area contributed by atoms with Crippen LogP contribution < -0.4 is 15.8 Å². The van der Waals surface area contributed by atoms with Crippen molar-refractivity contribution in [2.75, 3.05) is 31.9 Å². The highest BCUT2D eigenvalue weighted by Gasteiger charge is 2.30. The number of anilines is 1. The van der Waals surface area contributed by atoms with Gasteiger partial charge in [0.2, 0.25) is 0 Å². The van der Waals surface area contributed by atoms with Crippen LogP contribution in [0.3, 0.4) is 0 Å². The third-order valence-corrected chi connectivity index (χ3v) is 7.30. The van der Waals surface area contributed by atoms with Crippen LogP contribution in [0.2, 0.25) is 0 Å². The Balaban J connectivity index is 1.26. The number of rotatable bonds is 5. The summed E-state index contributed by atoms with van der Waals surface area (Å²) in [6, 6.07) is 18.8. The molecular formula is C27H31N7O. The van der Waals surface area contributed by atoms with Gasteiger partial charge in [0, 0.05) is 37.8 Å². The zero-order chi connectivity index (χ0) is 23.6. The van der Waals surface area contributed by atoms with E-state index in [4.69, 9.17) is 15.6 Å². The van der Waals surface area contributed by atoms with Crippen molar-refractivity contribution in [2.45, 2.75) is 37.8 Å². The van der Waals surface area contributed by atoms with Gasteiger partial charge < -0.3 is 15.8 Å². The van der Waals surface area contributed by atoms with E-state index in [0.29, 0.717) is 17.9 Å². The van der Waals surface area contributed by atoms with Crippen LogP contribution in [0.15, 0.2) is 60.9 Å². The first-order chi connectivity index (χ1) is 17.3. The number of aromatic nitrogens is 4. The Morgan fingerprint density at radius 3 is 2.26 bits per heavy atom. The number of fused-ring (bicyclic) bond motifs is 1. The molecule has 2 aromatic carbocycles. The minimum Gasteiger partial charge on any atom is -0.457 e. The number of hydrogen-bond donors (Lipinski definition) is 2. The van der Waals surface area contributed by atoms with Crippen LogP contribution in [0.4, 0.5) is 5.82 Å². The summed E-state index contributed by atoms with van der Waals surface area (Å²) in [6.45, 7) is 4.49. The molecule has 3 N–H and O–H groups in total. The second-order valence-electron chi connectivity index (χ2n) is 9.44. The van der Waals surface area contributed by atoms with Gasteiger partial charge in [-0.05, 0) is 62.1 Å². The molecule has 3 heterocycles. The normalized spacial score (nSPS) is 21.3. The van der Waals surface area contributed by atoms with Crippen molar-refractivity contribution in [1.82, 2.24) is 30.0 Å². The monoisotopic (exact) mass is 469 g/mol. The molecule has 4 aromatic rings. The highest BCUT2D eigenvalue weighted by molar-refractivity contribution is 5.98. The first kappa shape index (κ1) is 22.0. The Morgan fingerprint density at radius 2 is 1.51 bits per heavy atom. The molecule has 35 heavy (non-hydrogen) atoms. The summed E-state index contributed by atoms with van der Waals surface area (Å²) in [6.07, 6.45) is 6.11. The average Bonchev–Trinajstić information content (AvgIpc) is 3.31. The second-order valence-corrected chi connectivity index (χ2v) is 9.44. The summed E-state index contributed by atoms with van der Waals surface area (Å²) in [5, 5.41) is 9.35. The Kier molecular flexibility index (Phi) is 6.06. The molecule has 8 heteroatoms. The molecule has 0 unspecified atom stereocenters. The van der Waals surface area contributed by atoms with Crippen molar-refractivity contribution in [3.8, 4) is 22.8 Å². The summed E-state index contributed by atoms with van der Waals surface area (Å²) < 4.78 is 8.06. The van der Waals surface area contributed by atoms with E-state index < -0.39 is 0 Å². The molecule has 2 aliphatic rings. The molecule has 8 nitrogen and oxygen atoms in total. The molecule has 180 valence electrons. The molecule has 1 saturated heterocycles. The van der Waals surface area contributed by atoms with Gasteiger partial charge in [-0.25, -0.2) is 14.6 Å². The van der Waals surface area contributed by atoms with Crippen molar-refractivity contribution in [3.63, 3.8) is 0 Å². The van der Waals surface area contributed by atoms with E-state index in [9.17, 15) is 0 Å². The molecule has 1 aliphatic heterocycles. The number of nitrogen functional groups attached to an aromatic ring is 1. The van der Waals surface area contributed by atoms with Crippen LogP contribution in [0.5, 0.6) is 11.5 Å². The van der Waals surface area contributed by atoms with Crippen LogP contribution in [-0.2, 0) is 0 Å². The van der Waals surface area contributed by atoms with Gasteiger partial charge in [-0.3, -0.25) is 4.90 Å². The van der Waals surface area contributed by atoms with Crippen molar-refractivity contribution >= 4 is 16.9 Å². The lowest BCUT2D eigenvalue weighted by Gasteiger charge is -2.39. The first-order valence-electron chi connectivity index (χ1n) is 12.5. The highest BCUT2D eigenvalue weighted by atomic mass is 16.5. The summed E-state index contributed by atoms with van der Waals surface area (Å²) in [7, 11) is 0. The molecule has 0 spiro atoms. The number of para-hydroxylation sites is 1. The van der Waals surface area contributed by atoms with Crippen LogP contribution in [0.25, 0.3) is 22.3 Å². The van der Waals surface area contributed by atoms with E-state index >= 15 is 0 Å². The number of benzene rings is 2. The van der Waals surface area contributed by atoms with E-state index in [1.165, 1.54) is 12.8 Å². The number of ether oxygens (including phenoxy) is 1. The maximum Gasteiger partial charge on any atom is 0.164 e. The predicted molar refractivity (Wildman–Crippen MR) is 137 cm³/mol. The standard InChI is InChI=1S/C27H31N7O/c28-26-24-25(19-6-12-23(13-7-19)35-22-4-2-1-3-5-22)32-34(27(24)31-18-30-26)21-10-8-20(9-11-21)33-16-14-29-15-17-33/h1-7,12-13,18,20-21,29H,8-11,14-17H2,(H2,28,30,31)/t20-,21+. The van der Waals surface area contributed by atoms with Gasteiger partial charge in [0.25, 0.3) is 0 Å². The van der Waals surface area contributed by atoms with Gasteiger partial charge in [-0.2, -0.15) is 5.10 Å². The molecule has 0 atom stereocenters. The molecule has 6 rings (SSSR count). The first-order valence-corrected chi connectivity index (χ1v) is 12.5. The van der Waals surface area contributed by atoms with Crippen molar-refractivity contribution in [1.29, 1.82) is 0 Å². The summed E-state index contributed by atoms with van der Waals surface area (Å²) in [5.41, 5.74) is 8.97.